The molecule has 0 bridgehead atoms. The van der Waals surface area contributed by atoms with E-state index in [0.717, 1.165) is 24.0 Å². The van der Waals surface area contributed by atoms with Gasteiger partial charge in [-0.15, -0.1) is 0 Å². The van der Waals surface area contributed by atoms with E-state index in [0.29, 0.717) is 18.4 Å². The zero-order valence-corrected chi connectivity index (χ0v) is 12.1. The molecule has 1 aromatic carbocycles. The van der Waals surface area contributed by atoms with Crippen LogP contribution in [0.25, 0.3) is 0 Å². The fraction of sp³-hybridized carbons (Fsp3) is 0.571. The minimum Gasteiger partial charge on any atom is -0.389 e. The van der Waals surface area contributed by atoms with Crippen LogP contribution in [0.15, 0.2) is 22.7 Å². The van der Waals surface area contributed by atoms with Gasteiger partial charge in [-0.3, -0.25) is 0 Å². The van der Waals surface area contributed by atoms with Crippen LogP contribution in [0.2, 0.25) is 0 Å². The maximum absolute atomic E-state index is 13.8. The maximum atomic E-state index is 13.8. The molecule has 1 heterocycles. The van der Waals surface area contributed by atoms with Crippen molar-refractivity contribution in [2.75, 3.05) is 13.1 Å². The predicted octanol–water partition coefficient (Wildman–Crippen LogP) is 2.88. The van der Waals surface area contributed by atoms with Crippen LogP contribution >= 0.6 is 15.9 Å². The molecule has 100 valence electrons. The molecule has 0 saturated carbocycles. The Morgan fingerprint density at radius 1 is 1.56 bits per heavy atom. The van der Waals surface area contributed by atoms with Gasteiger partial charge in [-0.2, -0.15) is 0 Å². The first-order valence-electron chi connectivity index (χ1n) is 6.42. The van der Waals surface area contributed by atoms with Crippen molar-refractivity contribution in [3.05, 3.63) is 34.1 Å². The topological polar surface area (TPSA) is 32.3 Å². The third kappa shape index (κ3) is 2.92. The molecule has 2 atom stereocenters. The van der Waals surface area contributed by atoms with Crippen LogP contribution in [0, 0.1) is 11.7 Å². The number of hydrogen-bond donors (Lipinski definition) is 2. The largest absolute Gasteiger partial charge is 0.389 e. The van der Waals surface area contributed by atoms with E-state index in [4.69, 9.17) is 0 Å². The first-order valence-corrected chi connectivity index (χ1v) is 7.21. The van der Waals surface area contributed by atoms with Gasteiger partial charge in [0.25, 0.3) is 0 Å². The summed E-state index contributed by atoms with van der Waals surface area (Å²) < 4.78 is 14.6. The van der Waals surface area contributed by atoms with E-state index in [1.807, 2.05) is 0 Å². The first-order chi connectivity index (χ1) is 8.55. The number of hydrogen-bond acceptors (Lipinski definition) is 2. The van der Waals surface area contributed by atoms with E-state index < -0.39 is 5.60 Å². The van der Waals surface area contributed by atoms with E-state index in [-0.39, 0.29) is 11.7 Å². The van der Waals surface area contributed by atoms with E-state index in [1.54, 1.807) is 12.1 Å². The number of halogens is 2. The van der Waals surface area contributed by atoms with Gasteiger partial charge in [0.05, 0.1) is 5.60 Å². The highest BCUT2D eigenvalue weighted by Crippen LogP contribution is 2.32. The smallest absolute Gasteiger partial charge is 0.126 e. The van der Waals surface area contributed by atoms with Crippen LogP contribution in [0.3, 0.4) is 0 Å². The number of aliphatic hydroxyl groups is 1. The van der Waals surface area contributed by atoms with E-state index in [9.17, 15) is 9.50 Å². The minimum atomic E-state index is -0.790. The highest BCUT2D eigenvalue weighted by molar-refractivity contribution is 9.10. The normalized spacial score (nSPS) is 28.3. The van der Waals surface area contributed by atoms with Gasteiger partial charge in [-0.1, -0.05) is 22.9 Å². The van der Waals surface area contributed by atoms with Gasteiger partial charge < -0.3 is 10.4 Å². The van der Waals surface area contributed by atoms with Crippen LogP contribution in [0.4, 0.5) is 4.39 Å². The molecule has 1 aliphatic rings. The third-order valence-electron chi connectivity index (χ3n) is 3.88. The molecule has 2 nitrogen and oxygen atoms in total. The monoisotopic (exact) mass is 315 g/mol. The van der Waals surface area contributed by atoms with Crippen molar-refractivity contribution < 1.29 is 9.50 Å². The predicted molar refractivity (Wildman–Crippen MR) is 74.0 cm³/mol. The Labute approximate surface area is 116 Å². The number of piperidine rings is 1. The van der Waals surface area contributed by atoms with Crippen molar-refractivity contribution in [1.29, 1.82) is 0 Å². The highest BCUT2D eigenvalue weighted by atomic mass is 79.9. The Bertz CT molecular complexity index is 426. The maximum Gasteiger partial charge on any atom is 0.126 e. The molecule has 2 rings (SSSR count). The SMILES string of the molecule is CCC1CNCCC1(O)Cc1cc(Br)ccc1F. The minimum absolute atomic E-state index is 0.185. The van der Waals surface area contributed by atoms with Crippen LogP contribution in [0.1, 0.15) is 25.3 Å². The summed E-state index contributed by atoms with van der Waals surface area (Å²) in [6.07, 6.45) is 1.97. The van der Waals surface area contributed by atoms with Crippen LogP contribution in [-0.2, 0) is 6.42 Å². The van der Waals surface area contributed by atoms with Crippen LogP contribution < -0.4 is 5.32 Å². The lowest BCUT2D eigenvalue weighted by Gasteiger charge is -2.40. The van der Waals surface area contributed by atoms with E-state index >= 15 is 0 Å². The second-order valence-corrected chi connectivity index (χ2v) is 5.99. The molecule has 2 unspecified atom stereocenters. The molecule has 2 N–H and O–H groups in total. The third-order valence-corrected chi connectivity index (χ3v) is 4.38. The van der Waals surface area contributed by atoms with E-state index in [2.05, 4.69) is 28.2 Å². The Morgan fingerprint density at radius 3 is 3.06 bits per heavy atom. The summed E-state index contributed by atoms with van der Waals surface area (Å²) in [5.41, 5.74) is -0.200. The second-order valence-electron chi connectivity index (χ2n) is 5.08. The molecule has 0 spiro atoms. The lowest BCUT2D eigenvalue weighted by Crippen LogP contribution is -2.51. The van der Waals surface area contributed by atoms with Gasteiger partial charge in [-0.25, -0.2) is 4.39 Å². The zero-order valence-electron chi connectivity index (χ0n) is 10.5. The average Bonchev–Trinajstić information content (AvgIpc) is 2.34. The van der Waals surface area contributed by atoms with Gasteiger partial charge >= 0.3 is 0 Å². The van der Waals surface area contributed by atoms with Crippen molar-refractivity contribution in [2.45, 2.75) is 31.8 Å². The zero-order chi connectivity index (χ0) is 13.2. The summed E-state index contributed by atoms with van der Waals surface area (Å²) in [6.45, 7) is 3.67. The highest BCUT2D eigenvalue weighted by Gasteiger charge is 2.38. The molecular formula is C14H19BrFNO. The van der Waals surface area contributed by atoms with Crippen LogP contribution in [0.5, 0.6) is 0 Å². The summed E-state index contributed by atoms with van der Waals surface area (Å²) in [5.74, 6) is -0.0513. The van der Waals surface area contributed by atoms with Gasteiger partial charge in [0.1, 0.15) is 5.82 Å². The second kappa shape index (κ2) is 5.68. The van der Waals surface area contributed by atoms with Crippen molar-refractivity contribution in [2.24, 2.45) is 5.92 Å². The fourth-order valence-corrected chi connectivity index (χ4v) is 3.15. The molecule has 0 amide bonds. The first kappa shape index (κ1) is 14.0. The quantitative estimate of drug-likeness (QED) is 0.899. The van der Waals surface area contributed by atoms with Crippen molar-refractivity contribution in [3.63, 3.8) is 0 Å². The summed E-state index contributed by atoms with van der Waals surface area (Å²) in [5, 5.41) is 14.1. The van der Waals surface area contributed by atoms with Gasteiger partial charge in [0.15, 0.2) is 0 Å². The lowest BCUT2D eigenvalue weighted by atomic mass is 9.76. The summed E-state index contributed by atoms with van der Waals surface area (Å²) >= 11 is 3.35. The molecule has 1 saturated heterocycles. The summed E-state index contributed by atoms with van der Waals surface area (Å²) in [4.78, 5) is 0. The number of rotatable bonds is 3. The van der Waals surface area contributed by atoms with Gasteiger partial charge in [0, 0.05) is 23.4 Å². The van der Waals surface area contributed by atoms with Crippen LogP contribution in [-0.4, -0.2) is 23.8 Å². The van der Waals surface area contributed by atoms with Gasteiger partial charge in [-0.05, 0) is 43.1 Å². The Hall–Kier alpha value is -0.450. The Kier molecular flexibility index (Phi) is 4.41. The van der Waals surface area contributed by atoms with Crippen molar-refractivity contribution >= 4 is 15.9 Å². The molecule has 1 aromatic rings. The molecule has 18 heavy (non-hydrogen) atoms. The lowest BCUT2D eigenvalue weighted by molar-refractivity contribution is -0.0419. The molecule has 0 aromatic heterocycles. The number of nitrogens with one attached hydrogen (secondary N) is 1. The Morgan fingerprint density at radius 2 is 2.33 bits per heavy atom. The molecule has 4 heteroatoms. The average molecular weight is 316 g/mol. The van der Waals surface area contributed by atoms with Crippen molar-refractivity contribution in [3.8, 4) is 0 Å². The molecule has 0 radical (unpaired) electrons. The summed E-state index contributed by atoms with van der Waals surface area (Å²) in [6, 6.07) is 4.90. The number of benzene rings is 1. The van der Waals surface area contributed by atoms with E-state index in [1.165, 1.54) is 6.07 Å². The molecular weight excluding hydrogens is 297 g/mol. The van der Waals surface area contributed by atoms with Crippen molar-refractivity contribution in [1.82, 2.24) is 5.32 Å². The molecule has 1 fully saturated rings. The molecule has 0 aliphatic carbocycles. The standard InChI is InChI=1S/C14H19BrFNO/c1-2-11-9-17-6-5-14(11,18)8-10-7-12(15)3-4-13(10)16/h3-4,7,11,17-18H,2,5-6,8-9H2,1H3. The van der Waals surface area contributed by atoms with Gasteiger partial charge in [0.2, 0.25) is 0 Å². The summed E-state index contributed by atoms with van der Waals surface area (Å²) in [7, 11) is 0. The molecule has 1 aliphatic heterocycles. The fourth-order valence-electron chi connectivity index (χ4n) is 2.74. The Balaban J connectivity index is 2.22.